The van der Waals surface area contributed by atoms with Gasteiger partial charge < -0.3 is 10.1 Å². The number of hydrogen-bond donors (Lipinski definition) is 2. The summed E-state index contributed by atoms with van der Waals surface area (Å²) in [6.07, 6.45) is 4.65. The van der Waals surface area contributed by atoms with E-state index < -0.39 is 4.92 Å². The van der Waals surface area contributed by atoms with Crippen molar-refractivity contribution in [2.75, 3.05) is 20.3 Å². The number of nitrogens with zero attached hydrogens (tertiary/aromatic N) is 2. The Bertz CT molecular complexity index is 546. The summed E-state index contributed by atoms with van der Waals surface area (Å²) in [5, 5.41) is 17.9. The summed E-state index contributed by atoms with van der Waals surface area (Å²) in [4.78, 5) is 10.4. The van der Waals surface area contributed by atoms with E-state index >= 15 is 0 Å². The number of nitro benzene ring substituents is 1. The molecule has 0 saturated heterocycles. The van der Waals surface area contributed by atoms with Crippen molar-refractivity contribution >= 4 is 35.3 Å². The quantitative estimate of drug-likeness (QED) is 0.262. The Morgan fingerprint density at radius 1 is 1.52 bits per heavy atom. The Morgan fingerprint density at radius 3 is 3.00 bits per heavy atom. The molecular formula is C13H16N4O3S. The highest BCUT2D eigenvalue weighted by molar-refractivity contribution is 7.80. The minimum absolute atomic E-state index is 0.0480. The molecule has 8 heteroatoms. The molecule has 0 bridgehead atoms. The monoisotopic (exact) mass is 308 g/mol. The second-order valence-electron chi connectivity index (χ2n) is 3.81. The molecule has 7 nitrogen and oxygen atoms in total. The van der Waals surface area contributed by atoms with Crippen LogP contribution in [0.2, 0.25) is 0 Å². The Kier molecular flexibility index (Phi) is 7.62. The zero-order valence-electron chi connectivity index (χ0n) is 11.5. The van der Waals surface area contributed by atoms with Crippen molar-refractivity contribution in [2.45, 2.75) is 0 Å². The number of thiocarbonyl (C=S) groups is 1. The second-order valence-corrected chi connectivity index (χ2v) is 4.22. The van der Waals surface area contributed by atoms with Crippen LogP contribution >= 0.6 is 12.2 Å². The Balaban J connectivity index is 2.46. The minimum Gasteiger partial charge on any atom is -0.383 e. The van der Waals surface area contributed by atoms with E-state index in [1.807, 2.05) is 0 Å². The van der Waals surface area contributed by atoms with Gasteiger partial charge in [0.1, 0.15) is 0 Å². The molecule has 1 aromatic carbocycles. The standard InChI is InChI=1S/C13H16N4O3S/c1-20-10-9-14-13(21)16-15-8-4-6-11-5-2-3-7-12(11)17(18)19/h2-8H,9-10H2,1H3,(H2,14,16,21)/b6-4+,15-8-. The van der Waals surface area contributed by atoms with Gasteiger partial charge in [0.2, 0.25) is 0 Å². The van der Waals surface area contributed by atoms with E-state index in [1.165, 1.54) is 12.3 Å². The molecule has 2 N–H and O–H groups in total. The van der Waals surface area contributed by atoms with Gasteiger partial charge in [0.15, 0.2) is 5.11 Å². The van der Waals surface area contributed by atoms with E-state index in [4.69, 9.17) is 17.0 Å². The first kappa shape index (κ1) is 16.7. The summed E-state index contributed by atoms with van der Waals surface area (Å²) >= 11 is 4.96. The summed E-state index contributed by atoms with van der Waals surface area (Å²) < 4.78 is 4.86. The predicted octanol–water partition coefficient (Wildman–Crippen LogP) is 1.70. The van der Waals surface area contributed by atoms with Crippen LogP contribution in [0.1, 0.15) is 5.56 Å². The zero-order chi connectivity index (χ0) is 15.5. The summed E-state index contributed by atoms with van der Waals surface area (Å²) in [6, 6.07) is 6.46. The lowest BCUT2D eigenvalue weighted by molar-refractivity contribution is -0.385. The molecule has 0 aliphatic rings. The first-order valence-electron chi connectivity index (χ1n) is 6.11. The van der Waals surface area contributed by atoms with Crippen molar-refractivity contribution in [1.82, 2.24) is 10.7 Å². The average Bonchev–Trinajstić information content (AvgIpc) is 2.47. The third-order valence-electron chi connectivity index (χ3n) is 2.33. The van der Waals surface area contributed by atoms with Crippen LogP contribution in [0.15, 0.2) is 35.4 Å². The fraction of sp³-hybridized carbons (Fsp3) is 0.231. The van der Waals surface area contributed by atoms with Crippen molar-refractivity contribution in [3.8, 4) is 0 Å². The van der Waals surface area contributed by atoms with Crippen LogP contribution < -0.4 is 10.7 Å². The summed E-state index contributed by atoms with van der Waals surface area (Å²) in [7, 11) is 1.60. The zero-order valence-corrected chi connectivity index (χ0v) is 12.3. The van der Waals surface area contributed by atoms with Gasteiger partial charge in [-0.15, -0.1) is 0 Å². The second kappa shape index (κ2) is 9.56. The molecule has 0 heterocycles. The molecule has 0 aliphatic heterocycles. The number of para-hydroxylation sites is 1. The highest BCUT2D eigenvalue weighted by atomic mass is 32.1. The first-order chi connectivity index (χ1) is 10.1. The lowest BCUT2D eigenvalue weighted by Crippen LogP contribution is -2.34. The van der Waals surface area contributed by atoms with Gasteiger partial charge in [-0.2, -0.15) is 5.10 Å². The number of ether oxygens (including phenoxy) is 1. The summed E-state index contributed by atoms with van der Waals surface area (Å²) in [5.74, 6) is 0. The maximum atomic E-state index is 10.8. The molecule has 112 valence electrons. The molecule has 0 fully saturated rings. The van der Waals surface area contributed by atoms with E-state index in [1.54, 1.807) is 37.5 Å². The van der Waals surface area contributed by atoms with Gasteiger partial charge in [0.25, 0.3) is 5.69 Å². The summed E-state index contributed by atoms with van der Waals surface area (Å²) in [6.45, 7) is 1.13. The predicted molar refractivity (Wildman–Crippen MR) is 86.2 cm³/mol. The normalized spacial score (nSPS) is 10.9. The van der Waals surface area contributed by atoms with Crippen LogP contribution in [0.3, 0.4) is 0 Å². The molecule has 21 heavy (non-hydrogen) atoms. The van der Waals surface area contributed by atoms with Crippen molar-refractivity contribution in [3.05, 3.63) is 46.0 Å². The third-order valence-corrected chi connectivity index (χ3v) is 2.56. The number of nitrogens with one attached hydrogen (secondary N) is 2. The van der Waals surface area contributed by atoms with Crippen LogP contribution in [-0.2, 0) is 4.74 Å². The summed E-state index contributed by atoms with van der Waals surface area (Å²) in [5.41, 5.74) is 3.17. The maximum Gasteiger partial charge on any atom is 0.276 e. The molecule has 0 atom stereocenters. The first-order valence-corrected chi connectivity index (χ1v) is 6.52. The van der Waals surface area contributed by atoms with E-state index in [-0.39, 0.29) is 5.69 Å². The lowest BCUT2D eigenvalue weighted by atomic mass is 10.2. The van der Waals surface area contributed by atoms with Crippen molar-refractivity contribution in [1.29, 1.82) is 0 Å². The number of benzene rings is 1. The SMILES string of the molecule is COCCNC(=S)N/N=C\C=C\c1ccccc1[N+](=O)[O-]. The van der Waals surface area contributed by atoms with Gasteiger partial charge in [-0.3, -0.25) is 15.5 Å². The average molecular weight is 308 g/mol. The van der Waals surface area contributed by atoms with Gasteiger partial charge in [-0.1, -0.05) is 12.1 Å². The number of hydrazone groups is 1. The van der Waals surface area contributed by atoms with Crippen LogP contribution in [0.4, 0.5) is 5.69 Å². The molecule has 0 saturated carbocycles. The van der Waals surface area contributed by atoms with E-state index in [9.17, 15) is 10.1 Å². The van der Waals surface area contributed by atoms with Gasteiger partial charge in [0.05, 0.1) is 17.1 Å². The molecule has 1 rings (SSSR count). The van der Waals surface area contributed by atoms with Gasteiger partial charge in [0, 0.05) is 25.9 Å². The van der Waals surface area contributed by atoms with Gasteiger partial charge in [-0.05, 0) is 30.4 Å². The van der Waals surface area contributed by atoms with Crippen LogP contribution in [0, 0.1) is 10.1 Å². The molecule has 0 aliphatic carbocycles. The van der Waals surface area contributed by atoms with Crippen LogP contribution in [0.5, 0.6) is 0 Å². The third kappa shape index (κ3) is 6.59. The van der Waals surface area contributed by atoms with E-state index in [2.05, 4.69) is 15.8 Å². The molecule has 1 aromatic rings. The number of hydrogen-bond acceptors (Lipinski definition) is 5. The smallest absolute Gasteiger partial charge is 0.276 e. The van der Waals surface area contributed by atoms with Crippen molar-refractivity contribution < 1.29 is 9.66 Å². The fourth-order valence-electron chi connectivity index (χ4n) is 1.39. The van der Waals surface area contributed by atoms with Crippen molar-refractivity contribution in [3.63, 3.8) is 0 Å². The van der Waals surface area contributed by atoms with E-state index in [0.29, 0.717) is 23.8 Å². The molecular weight excluding hydrogens is 292 g/mol. The largest absolute Gasteiger partial charge is 0.383 e. The number of allylic oxidation sites excluding steroid dienone is 1. The minimum atomic E-state index is -0.427. The number of methoxy groups -OCH3 is 1. The molecule has 0 aromatic heterocycles. The Morgan fingerprint density at radius 2 is 2.29 bits per heavy atom. The number of nitro groups is 1. The number of rotatable bonds is 7. The van der Waals surface area contributed by atoms with Gasteiger partial charge in [-0.25, -0.2) is 0 Å². The Labute approximate surface area is 127 Å². The van der Waals surface area contributed by atoms with E-state index in [0.717, 1.165) is 0 Å². The highest BCUT2D eigenvalue weighted by Gasteiger charge is 2.08. The highest BCUT2D eigenvalue weighted by Crippen LogP contribution is 2.18. The van der Waals surface area contributed by atoms with Crippen LogP contribution in [-0.4, -0.2) is 36.5 Å². The fourth-order valence-corrected chi connectivity index (χ4v) is 1.54. The molecule has 0 spiro atoms. The molecule has 0 amide bonds. The van der Waals surface area contributed by atoms with Gasteiger partial charge >= 0.3 is 0 Å². The topological polar surface area (TPSA) is 88.8 Å². The maximum absolute atomic E-state index is 10.8. The Hall–Kier alpha value is -2.32. The molecule has 0 unspecified atom stereocenters. The van der Waals surface area contributed by atoms with Crippen molar-refractivity contribution in [2.24, 2.45) is 5.10 Å². The lowest BCUT2D eigenvalue weighted by Gasteiger charge is -2.04. The van der Waals surface area contributed by atoms with Crippen LogP contribution in [0.25, 0.3) is 6.08 Å². The molecule has 0 radical (unpaired) electrons.